The number of amides is 1. The molecule has 0 radical (unpaired) electrons. The van der Waals surface area contributed by atoms with Crippen LogP contribution in [0.1, 0.15) is 16.1 Å². The van der Waals surface area contributed by atoms with Crippen LogP contribution in [0.2, 0.25) is 10.0 Å². The molecule has 37 heavy (non-hydrogen) atoms. The first kappa shape index (κ1) is 25.4. The van der Waals surface area contributed by atoms with Crippen molar-refractivity contribution in [2.24, 2.45) is 0 Å². The number of nitrogens with one attached hydrogen (secondary N) is 1. The molecule has 2 aromatic heterocycles. The fourth-order valence-electron chi connectivity index (χ4n) is 4.05. The number of nitrogens with zero attached hydrogens (tertiary/aromatic N) is 5. The van der Waals surface area contributed by atoms with Gasteiger partial charge in [0.15, 0.2) is 0 Å². The summed E-state index contributed by atoms with van der Waals surface area (Å²) in [6.45, 7) is 2.29. The molecule has 1 aliphatic heterocycles. The Morgan fingerprint density at radius 2 is 1.76 bits per heavy atom. The van der Waals surface area contributed by atoms with Crippen LogP contribution in [0.5, 0.6) is 0 Å². The first-order valence-electron chi connectivity index (χ1n) is 11.2. The van der Waals surface area contributed by atoms with Gasteiger partial charge in [0.1, 0.15) is 11.2 Å². The lowest BCUT2D eigenvalue weighted by atomic mass is 10.1. The Labute approximate surface area is 223 Å². The van der Waals surface area contributed by atoms with Crippen molar-refractivity contribution >= 4 is 62.2 Å². The summed E-state index contributed by atoms with van der Waals surface area (Å²) >= 11 is 12.6. The Balaban J connectivity index is 1.42. The van der Waals surface area contributed by atoms with E-state index in [9.17, 15) is 18.7 Å². The van der Waals surface area contributed by atoms with Gasteiger partial charge >= 0.3 is 0 Å². The molecule has 1 aliphatic rings. The van der Waals surface area contributed by atoms with Gasteiger partial charge in [0, 0.05) is 30.5 Å². The van der Waals surface area contributed by atoms with Crippen LogP contribution >= 0.6 is 33.8 Å². The fraction of sp³-hybridized carbons (Fsp3) is 0.208. The molecule has 1 amide bonds. The number of hydrogen-bond acceptors (Lipinski definition) is 8. The molecular formula is C24H22Cl2N6O4S. The molecule has 3 N–H and O–H groups in total. The molecule has 3 heterocycles. The molecule has 1 saturated heterocycles. The fourth-order valence-corrected chi connectivity index (χ4v) is 5.83. The third kappa shape index (κ3) is 5.13. The van der Waals surface area contributed by atoms with E-state index in [0.29, 0.717) is 22.5 Å². The van der Waals surface area contributed by atoms with E-state index < -0.39 is 16.1 Å². The molecule has 13 heteroatoms. The van der Waals surface area contributed by atoms with Gasteiger partial charge in [-0.05, 0) is 37.3 Å². The average molecular weight is 561 g/mol. The first-order valence-corrected chi connectivity index (χ1v) is 13.9. The van der Waals surface area contributed by atoms with Crippen molar-refractivity contribution in [3.8, 4) is 5.69 Å². The second-order valence-corrected chi connectivity index (χ2v) is 11.8. The highest BCUT2D eigenvalue weighted by molar-refractivity contribution is 8.24. The van der Waals surface area contributed by atoms with Crippen molar-refractivity contribution in [3.63, 3.8) is 0 Å². The van der Waals surface area contributed by atoms with Gasteiger partial charge in [-0.15, -0.1) is 0 Å². The van der Waals surface area contributed by atoms with Crippen LogP contribution in [-0.2, 0) is 0 Å². The highest BCUT2D eigenvalue weighted by Gasteiger charge is 2.26. The maximum atomic E-state index is 13.2. The smallest absolute Gasteiger partial charge is 0.282 e. The Bertz CT molecular complexity index is 1570. The van der Waals surface area contributed by atoms with E-state index in [1.165, 1.54) is 6.20 Å². The Morgan fingerprint density at radius 3 is 2.46 bits per heavy atom. The van der Waals surface area contributed by atoms with Crippen molar-refractivity contribution < 1.29 is 13.9 Å². The monoisotopic (exact) mass is 560 g/mol. The number of aromatic nitrogens is 4. The van der Waals surface area contributed by atoms with E-state index in [0.717, 1.165) is 4.68 Å². The van der Waals surface area contributed by atoms with Crippen LogP contribution in [0.3, 0.4) is 0 Å². The van der Waals surface area contributed by atoms with Crippen molar-refractivity contribution in [1.29, 1.82) is 0 Å². The van der Waals surface area contributed by atoms with E-state index in [2.05, 4.69) is 20.4 Å². The van der Waals surface area contributed by atoms with Gasteiger partial charge in [-0.3, -0.25) is 18.7 Å². The third-order valence-electron chi connectivity index (χ3n) is 5.98. The zero-order chi connectivity index (χ0) is 26.3. The second kappa shape index (κ2) is 9.92. The lowest BCUT2D eigenvalue weighted by Gasteiger charge is -2.40. The molecule has 192 valence electrons. The van der Waals surface area contributed by atoms with Crippen LogP contribution in [-0.4, -0.2) is 64.3 Å². The van der Waals surface area contributed by atoms with E-state index in [1.54, 1.807) is 54.3 Å². The summed E-state index contributed by atoms with van der Waals surface area (Å²) in [4.78, 5) is 36.5. The average Bonchev–Trinajstić information content (AvgIpc) is 2.86. The molecule has 1 fully saturated rings. The molecule has 0 bridgehead atoms. The van der Waals surface area contributed by atoms with E-state index in [-0.39, 0.29) is 57.6 Å². The molecule has 0 unspecified atom stereocenters. The van der Waals surface area contributed by atoms with E-state index in [4.69, 9.17) is 23.2 Å². The van der Waals surface area contributed by atoms with Gasteiger partial charge in [-0.25, -0.2) is 9.97 Å². The van der Waals surface area contributed by atoms with Crippen molar-refractivity contribution in [2.75, 3.05) is 29.9 Å². The standard InChI is InChI=1S/C24H22Cl2N6O4S/c1-14-20-17(23(34)32(30-14)21-18(25)6-3-7-19(21)26)13-27-24(29-20)28-16-5-2-4-15(12-16)22(33)31-8-10-37(35,36)11-9-31/h2-7,12-13,35-36H,8-11H2,1H3,(H,27,28,29). The molecular weight excluding hydrogens is 539 g/mol. The highest BCUT2D eigenvalue weighted by Crippen LogP contribution is 2.40. The van der Waals surface area contributed by atoms with Gasteiger partial charge in [-0.2, -0.15) is 20.4 Å². The molecule has 2 aromatic carbocycles. The predicted octanol–water partition coefficient (Wildman–Crippen LogP) is 4.74. The lowest BCUT2D eigenvalue weighted by Crippen LogP contribution is -2.42. The largest absolute Gasteiger partial charge is 0.336 e. The number of carbonyl (C=O) groups is 1. The van der Waals surface area contributed by atoms with Gasteiger partial charge in [0.25, 0.3) is 11.5 Å². The van der Waals surface area contributed by atoms with Crippen LogP contribution in [0.15, 0.2) is 53.5 Å². The minimum absolute atomic E-state index is 0.180. The van der Waals surface area contributed by atoms with Crippen LogP contribution in [0.4, 0.5) is 11.6 Å². The van der Waals surface area contributed by atoms with Crippen molar-refractivity contribution in [3.05, 3.63) is 80.3 Å². The van der Waals surface area contributed by atoms with E-state index >= 15 is 0 Å². The Morgan fingerprint density at radius 1 is 1.08 bits per heavy atom. The first-order chi connectivity index (χ1) is 17.6. The normalized spacial score (nSPS) is 16.0. The number of benzene rings is 2. The number of anilines is 2. The number of fused-ring (bicyclic) bond motifs is 1. The van der Waals surface area contributed by atoms with Crippen molar-refractivity contribution in [2.45, 2.75) is 6.92 Å². The molecule has 5 rings (SSSR count). The number of aryl methyl sites for hydroxylation is 1. The number of hydrogen-bond donors (Lipinski definition) is 3. The van der Waals surface area contributed by atoms with E-state index in [1.807, 2.05) is 0 Å². The van der Waals surface area contributed by atoms with Crippen molar-refractivity contribution in [1.82, 2.24) is 24.6 Å². The molecule has 0 aliphatic carbocycles. The van der Waals surface area contributed by atoms with Crippen LogP contribution in [0.25, 0.3) is 16.6 Å². The topological polar surface area (TPSA) is 133 Å². The molecule has 4 aromatic rings. The lowest BCUT2D eigenvalue weighted by molar-refractivity contribution is 0.0768. The molecule has 0 atom stereocenters. The molecule has 10 nitrogen and oxygen atoms in total. The molecule has 0 saturated carbocycles. The summed E-state index contributed by atoms with van der Waals surface area (Å²) in [7, 11) is -2.59. The maximum Gasteiger partial charge on any atom is 0.282 e. The van der Waals surface area contributed by atoms with Gasteiger partial charge in [0.05, 0.1) is 32.6 Å². The maximum absolute atomic E-state index is 13.2. The van der Waals surface area contributed by atoms with Gasteiger partial charge in [0.2, 0.25) is 5.95 Å². The minimum atomic E-state index is -2.59. The van der Waals surface area contributed by atoms with Crippen LogP contribution in [0, 0.1) is 6.92 Å². The summed E-state index contributed by atoms with van der Waals surface area (Å²) in [5.41, 5.74) is 1.67. The van der Waals surface area contributed by atoms with Gasteiger partial charge in [-0.1, -0.05) is 35.3 Å². The van der Waals surface area contributed by atoms with Crippen LogP contribution < -0.4 is 10.9 Å². The Hall–Kier alpha value is -3.22. The summed E-state index contributed by atoms with van der Waals surface area (Å²) < 4.78 is 20.8. The quantitative estimate of drug-likeness (QED) is 0.326. The third-order valence-corrected chi connectivity index (χ3v) is 8.27. The summed E-state index contributed by atoms with van der Waals surface area (Å²) in [5.74, 6) is 0.386. The number of carbonyl (C=O) groups excluding carboxylic acids is 1. The zero-order valence-electron chi connectivity index (χ0n) is 19.6. The SMILES string of the molecule is Cc1nn(-c2c(Cl)cccc2Cl)c(=O)c2cnc(Nc3cccc(C(=O)N4CCS(O)(O)CC4)c3)nc12. The number of para-hydroxylation sites is 1. The highest BCUT2D eigenvalue weighted by atomic mass is 35.5. The second-order valence-electron chi connectivity index (χ2n) is 8.54. The summed E-state index contributed by atoms with van der Waals surface area (Å²) in [6.07, 6.45) is 1.41. The number of halogens is 2. The van der Waals surface area contributed by atoms with Gasteiger partial charge < -0.3 is 10.2 Å². The zero-order valence-corrected chi connectivity index (χ0v) is 21.9. The predicted molar refractivity (Wildman–Crippen MR) is 146 cm³/mol. The summed E-state index contributed by atoms with van der Waals surface area (Å²) in [6, 6.07) is 11.8. The summed E-state index contributed by atoms with van der Waals surface area (Å²) in [5, 5.41) is 8.26. The number of rotatable bonds is 4. The minimum Gasteiger partial charge on any atom is -0.336 e. The molecule has 0 spiro atoms. The Kier molecular flexibility index (Phi) is 6.82.